The van der Waals surface area contributed by atoms with Crippen LogP contribution >= 0.6 is 0 Å². The summed E-state index contributed by atoms with van der Waals surface area (Å²) in [5.41, 5.74) is -3.93. The van der Waals surface area contributed by atoms with Crippen LogP contribution in [0.4, 0.5) is 39.5 Å². The molecular formula is C40H19F9N4. The van der Waals surface area contributed by atoms with Crippen molar-refractivity contribution in [3.8, 4) is 34.4 Å². The second kappa shape index (κ2) is 12.3. The van der Waals surface area contributed by atoms with Crippen molar-refractivity contribution < 1.29 is 39.5 Å². The van der Waals surface area contributed by atoms with Crippen molar-refractivity contribution >= 4 is 22.3 Å². The molecule has 6 rings (SSSR count). The van der Waals surface area contributed by atoms with Gasteiger partial charge in [-0.15, -0.1) is 0 Å². The molecule has 0 N–H and O–H groups in total. The molecular weight excluding hydrogens is 707 g/mol. The van der Waals surface area contributed by atoms with E-state index in [0.717, 1.165) is 34.4 Å². The summed E-state index contributed by atoms with van der Waals surface area (Å²) in [6.07, 6.45) is -17.7. The molecule has 0 unspecified atom stereocenters. The lowest BCUT2D eigenvalue weighted by Crippen LogP contribution is -2.23. The quantitative estimate of drug-likeness (QED) is 0.117. The number of fused-ring (bicyclic) bond motifs is 4. The van der Waals surface area contributed by atoms with E-state index in [0.29, 0.717) is 16.7 Å². The Hall–Kier alpha value is -6.57. The first-order valence-corrected chi connectivity index (χ1v) is 15.3. The van der Waals surface area contributed by atoms with Crippen molar-refractivity contribution in [2.75, 3.05) is 0 Å². The smallest absolute Gasteiger partial charge is 0.226 e. The van der Waals surface area contributed by atoms with Gasteiger partial charge in [0, 0.05) is 11.1 Å². The van der Waals surface area contributed by atoms with Gasteiger partial charge in [0.15, 0.2) is 0 Å². The minimum Gasteiger partial charge on any atom is -0.226 e. The molecule has 0 bridgehead atoms. The molecule has 0 atom stereocenters. The van der Waals surface area contributed by atoms with E-state index in [4.69, 9.17) is 13.1 Å². The zero-order valence-electron chi connectivity index (χ0n) is 27.5. The van der Waals surface area contributed by atoms with Gasteiger partial charge in [-0.05, 0) is 117 Å². The number of allylic oxidation sites excluding steroid dienone is 6. The third kappa shape index (κ3) is 5.81. The molecule has 0 amide bonds. The minimum absolute atomic E-state index is 0.0126. The second-order valence-electron chi connectivity index (χ2n) is 12.3. The number of benzene rings is 4. The summed E-state index contributed by atoms with van der Waals surface area (Å²) in [6, 6.07) is 16.2. The lowest BCUT2D eigenvalue weighted by Gasteiger charge is -2.22. The van der Waals surface area contributed by atoms with Crippen LogP contribution in [-0.2, 0) is 18.5 Å². The highest BCUT2D eigenvalue weighted by Gasteiger charge is 2.50. The molecule has 4 nitrogen and oxygen atoms in total. The maximum atomic E-state index is 14.0. The lowest BCUT2D eigenvalue weighted by atomic mass is 9.87. The van der Waals surface area contributed by atoms with Gasteiger partial charge >= 0.3 is 18.5 Å². The van der Waals surface area contributed by atoms with E-state index >= 15 is 0 Å². The first-order chi connectivity index (χ1) is 24.8. The monoisotopic (exact) mass is 726 g/mol. The van der Waals surface area contributed by atoms with E-state index in [9.17, 15) is 50.0 Å². The fourth-order valence-corrected chi connectivity index (χ4v) is 6.88. The van der Waals surface area contributed by atoms with Crippen molar-refractivity contribution in [1.82, 2.24) is 0 Å². The molecule has 0 heterocycles. The van der Waals surface area contributed by atoms with E-state index in [1.807, 2.05) is 39.0 Å². The molecule has 4 aromatic carbocycles. The number of aryl methyl sites for hydroxylation is 2. The molecule has 4 aromatic rings. The van der Waals surface area contributed by atoms with E-state index in [-0.39, 0.29) is 56.8 Å². The van der Waals surface area contributed by atoms with Crippen LogP contribution < -0.4 is 0 Å². The molecule has 262 valence electrons. The van der Waals surface area contributed by atoms with Crippen LogP contribution in [-0.4, -0.2) is 0 Å². The van der Waals surface area contributed by atoms with Crippen LogP contribution in [0.5, 0.6) is 0 Å². The highest BCUT2D eigenvalue weighted by Crippen LogP contribution is 2.60. The number of rotatable bonds is 2. The van der Waals surface area contributed by atoms with Gasteiger partial charge in [0.25, 0.3) is 11.4 Å². The Morgan fingerprint density at radius 3 is 1.23 bits per heavy atom. The predicted molar refractivity (Wildman–Crippen MR) is 178 cm³/mol. The Bertz CT molecular complexity index is 2500. The van der Waals surface area contributed by atoms with Crippen LogP contribution in [0, 0.1) is 56.6 Å². The van der Waals surface area contributed by atoms with E-state index < -0.39 is 46.5 Å². The molecule has 0 radical (unpaired) electrons. The van der Waals surface area contributed by atoms with Crippen LogP contribution in [0.25, 0.3) is 54.2 Å². The van der Waals surface area contributed by atoms with Gasteiger partial charge in [-0.25, -0.2) is 20.2 Å². The maximum absolute atomic E-state index is 14.0. The summed E-state index contributed by atoms with van der Waals surface area (Å²) >= 11 is 0. The summed E-state index contributed by atoms with van der Waals surface area (Å²) in [5.74, 6) is 0. The van der Waals surface area contributed by atoms with Crippen molar-refractivity contribution in [1.29, 1.82) is 10.5 Å². The third-order valence-corrected chi connectivity index (χ3v) is 9.40. The molecule has 0 aliphatic heterocycles. The normalized spacial score (nSPS) is 15.5. The van der Waals surface area contributed by atoms with Gasteiger partial charge in [0.05, 0.1) is 42.0 Å². The number of hydrogen-bond acceptors (Lipinski definition) is 2. The SMILES string of the molecule is [C-]#[N+]/C(C#N)=C1C2=C(/C(=C(\C#N)[N+]#[C-])c3cc(-c4cc(C)c(C)c(C)c4)ccc32)c2ccc(-c3cc(C(F)(F)F)c(C(F)(F)F)c(C(F)(F)F)c3)cc2\1. The fourth-order valence-electron chi connectivity index (χ4n) is 6.88. The summed E-state index contributed by atoms with van der Waals surface area (Å²) in [5, 5.41) is 20.1. The first kappa shape index (κ1) is 36.2. The van der Waals surface area contributed by atoms with Gasteiger partial charge in [-0.3, -0.25) is 0 Å². The fraction of sp³-hybridized carbons (Fsp3) is 0.150. The first-order valence-electron chi connectivity index (χ1n) is 15.3. The van der Waals surface area contributed by atoms with Crippen LogP contribution in [0.15, 0.2) is 72.1 Å². The van der Waals surface area contributed by atoms with Crippen molar-refractivity contribution in [3.63, 3.8) is 0 Å². The molecule has 0 saturated heterocycles. The Morgan fingerprint density at radius 1 is 0.528 bits per heavy atom. The average molecular weight is 727 g/mol. The zero-order chi connectivity index (χ0) is 38.9. The molecule has 2 aliphatic carbocycles. The van der Waals surface area contributed by atoms with Gasteiger partial charge < -0.3 is 0 Å². The molecule has 0 spiro atoms. The van der Waals surface area contributed by atoms with Gasteiger partial charge in [-0.2, -0.15) is 39.5 Å². The number of hydrogen-bond donors (Lipinski definition) is 0. The average Bonchev–Trinajstić information content (AvgIpc) is 3.58. The molecule has 2 aliphatic rings. The summed E-state index contributed by atoms with van der Waals surface area (Å²) in [6.45, 7) is 21.4. The van der Waals surface area contributed by atoms with Crippen LogP contribution in [0.3, 0.4) is 0 Å². The molecule has 0 fully saturated rings. The molecule has 13 heteroatoms. The topological polar surface area (TPSA) is 56.3 Å². The molecule has 0 saturated carbocycles. The Kier molecular flexibility index (Phi) is 8.40. The van der Waals surface area contributed by atoms with Crippen LogP contribution in [0.1, 0.15) is 55.6 Å². The number of alkyl halides is 9. The second-order valence-corrected chi connectivity index (χ2v) is 12.3. The number of nitrogens with zero attached hydrogens (tertiary/aromatic N) is 4. The Labute approximate surface area is 296 Å². The summed E-state index contributed by atoms with van der Waals surface area (Å²) < 4.78 is 125. The third-order valence-electron chi connectivity index (χ3n) is 9.40. The minimum atomic E-state index is -6.02. The van der Waals surface area contributed by atoms with Crippen molar-refractivity contribution in [2.24, 2.45) is 0 Å². The standard InChI is InChI=1S/C40H19F9N4/c1-18-10-23(11-19(2)20(18)3)21-6-8-25-27(12-21)33(31(16-50)52-4)36-26-9-7-22(13-28(26)34(35(25)36)32(17-51)53-5)24-14-29(38(41,42)43)37(40(47,48)49)30(15-24)39(44,45)46/h6-15H,1-3H3/b33-31+,34-32-. The maximum Gasteiger partial charge on any atom is 0.417 e. The Balaban J connectivity index is 1.64. The van der Waals surface area contributed by atoms with Gasteiger partial charge in [0.1, 0.15) is 0 Å². The number of halogens is 9. The predicted octanol–water partition coefficient (Wildman–Crippen LogP) is 12.2. The van der Waals surface area contributed by atoms with Crippen molar-refractivity contribution in [2.45, 2.75) is 39.3 Å². The van der Waals surface area contributed by atoms with Gasteiger partial charge in [-0.1, -0.05) is 36.4 Å². The molecule has 0 aromatic heterocycles. The zero-order valence-corrected chi connectivity index (χ0v) is 27.5. The summed E-state index contributed by atoms with van der Waals surface area (Å²) in [4.78, 5) is 6.75. The highest BCUT2D eigenvalue weighted by molar-refractivity contribution is 6.37. The number of nitriles is 2. The highest BCUT2D eigenvalue weighted by atomic mass is 19.4. The largest absolute Gasteiger partial charge is 0.417 e. The van der Waals surface area contributed by atoms with Crippen LogP contribution in [0.2, 0.25) is 0 Å². The van der Waals surface area contributed by atoms with E-state index in [2.05, 4.69) is 9.69 Å². The molecule has 53 heavy (non-hydrogen) atoms. The van der Waals surface area contributed by atoms with E-state index in [1.165, 1.54) is 6.07 Å². The summed E-state index contributed by atoms with van der Waals surface area (Å²) in [7, 11) is 0. The Morgan fingerprint density at radius 2 is 0.906 bits per heavy atom. The van der Waals surface area contributed by atoms with Crippen molar-refractivity contribution in [3.05, 3.63) is 151 Å². The van der Waals surface area contributed by atoms with E-state index in [1.54, 1.807) is 24.3 Å². The van der Waals surface area contributed by atoms with Gasteiger partial charge in [0.2, 0.25) is 0 Å². The lowest BCUT2D eigenvalue weighted by molar-refractivity contribution is -0.174.